The number of halogens is 1. The zero-order valence-electron chi connectivity index (χ0n) is 11.1. The van der Waals surface area contributed by atoms with Gasteiger partial charge in [-0.3, -0.25) is 4.79 Å². The minimum absolute atomic E-state index is 0.0496. The summed E-state index contributed by atoms with van der Waals surface area (Å²) in [6, 6.07) is 5.90. The van der Waals surface area contributed by atoms with Crippen LogP contribution in [0.3, 0.4) is 0 Å². The van der Waals surface area contributed by atoms with E-state index in [2.05, 4.69) is 21.2 Å². The number of hydrogen-bond donors (Lipinski definition) is 2. The van der Waals surface area contributed by atoms with E-state index in [1.54, 1.807) is 0 Å². The molecule has 0 atom stereocenters. The van der Waals surface area contributed by atoms with Gasteiger partial charge < -0.3 is 11.1 Å². The summed E-state index contributed by atoms with van der Waals surface area (Å²) in [7, 11) is 0. The molecule has 0 bridgehead atoms. The predicted octanol–water partition coefficient (Wildman–Crippen LogP) is 4.17. The first-order valence-corrected chi connectivity index (χ1v) is 8.52. The fraction of sp³-hybridized carbons (Fsp3) is 0.400. The summed E-state index contributed by atoms with van der Waals surface area (Å²) >= 11 is 4.95. The maximum atomic E-state index is 12.2. The van der Waals surface area contributed by atoms with E-state index in [0.29, 0.717) is 10.6 Å². The molecule has 0 saturated heterocycles. The fourth-order valence-corrected chi connectivity index (χ4v) is 4.15. The standard InChI is InChI=1S/C15H17BrN2OS/c16-10-4-1-5-11-12(10)13(17)14(20-11)15(19)18-8-2-3-9-6-7-9/h1,4-5,9H,2-3,6-8,17H2,(H,18,19). The Hall–Kier alpha value is -1.07. The molecular weight excluding hydrogens is 336 g/mol. The van der Waals surface area contributed by atoms with Crippen molar-refractivity contribution in [2.45, 2.75) is 25.7 Å². The summed E-state index contributed by atoms with van der Waals surface area (Å²) in [5.74, 6) is 0.864. The summed E-state index contributed by atoms with van der Waals surface area (Å²) in [5, 5.41) is 3.92. The van der Waals surface area contributed by atoms with Crippen molar-refractivity contribution < 1.29 is 4.79 Å². The van der Waals surface area contributed by atoms with Crippen LogP contribution in [-0.4, -0.2) is 12.5 Å². The first-order chi connectivity index (χ1) is 9.66. The molecular formula is C15H17BrN2OS. The van der Waals surface area contributed by atoms with Crippen LogP contribution in [0.4, 0.5) is 5.69 Å². The van der Waals surface area contributed by atoms with Crippen molar-refractivity contribution >= 4 is 48.9 Å². The second-order valence-electron chi connectivity index (χ2n) is 5.30. The number of amides is 1. The van der Waals surface area contributed by atoms with Gasteiger partial charge in [0.1, 0.15) is 4.88 Å². The largest absolute Gasteiger partial charge is 0.397 e. The Kier molecular flexibility index (Phi) is 3.98. The quantitative estimate of drug-likeness (QED) is 0.793. The average Bonchev–Trinajstić information content (AvgIpc) is 3.18. The zero-order valence-corrected chi connectivity index (χ0v) is 13.5. The molecule has 3 rings (SSSR count). The maximum Gasteiger partial charge on any atom is 0.263 e. The van der Waals surface area contributed by atoms with E-state index in [0.717, 1.165) is 33.4 Å². The summed E-state index contributed by atoms with van der Waals surface area (Å²) in [5.41, 5.74) is 6.70. The maximum absolute atomic E-state index is 12.2. The highest BCUT2D eigenvalue weighted by Gasteiger charge is 2.21. The van der Waals surface area contributed by atoms with Crippen molar-refractivity contribution in [2.24, 2.45) is 5.92 Å². The Balaban J connectivity index is 1.70. The van der Waals surface area contributed by atoms with E-state index in [-0.39, 0.29) is 5.91 Å². The van der Waals surface area contributed by atoms with Crippen molar-refractivity contribution in [3.05, 3.63) is 27.5 Å². The van der Waals surface area contributed by atoms with Crippen LogP contribution in [0.25, 0.3) is 10.1 Å². The number of fused-ring (bicyclic) bond motifs is 1. The van der Waals surface area contributed by atoms with Crippen molar-refractivity contribution in [3.63, 3.8) is 0 Å². The Morgan fingerprint density at radius 2 is 2.25 bits per heavy atom. The van der Waals surface area contributed by atoms with Gasteiger partial charge in [-0.1, -0.05) is 34.8 Å². The average molecular weight is 353 g/mol. The van der Waals surface area contributed by atoms with E-state index in [9.17, 15) is 4.79 Å². The van der Waals surface area contributed by atoms with Crippen LogP contribution in [-0.2, 0) is 0 Å². The van der Waals surface area contributed by atoms with Gasteiger partial charge in [0.05, 0.1) is 5.69 Å². The third-order valence-corrected chi connectivity index (χ3v) is 5.51. The van der Waals surface area contributed by atoms with Crippen LogP contribution in [0.1, 0.15) is 35.4 Å². The number of nitrogens with one attached hydrogen (secondary N) is 1. The Morgan fingerprint density at radius 3 is 2.95 bits per heavy atom. The number of nitrogens with two attached hydrogens (primary N) is 1. The lowest BCUT2D eigenvalue weighted by molar-refractivity contribution is 0.0957. The van der Waals surface area contributed by atoms with Crippen molar-refractivity contribution in [1.82, 2.24) is 5.32 Å². The third-order valence-electron chi connectivity index (χ3n) is 3.68. The molecule has 1 aliphatic carbocycles. The summed E-state index contributed by atoms with van der Waals surface area (Å²) in [6.45, 7) is 0.740. The van der Waals surface area contributed by atoms with Gasteiger partial charge in [-0.05, 0) is 30.9 Å². The minimum Gasteiger partial charge on any atom is -0.397 e. The number of benzene rings is 1. The lowest BCUT2D eigenvalue weighted by Gasteiger charge is -2.04. The molecule has 5 heteroatoms. The molecule has 3 N–H and O–H groups in total. The molecule has 1 aliphatic rings. The van der Waals surface area contributed by atoms with Gasteiger partial charge in [0.25, 0.3) is 5.91 Å². The lowest BCUT2D eigenvalue weighted by atomic mass is 10.2. The fourth-order valence-electron chi connectivity index (χ4n) is 2.38. The van der Waals surface area contributed by atoms with Gasteiger partial charge in [0.2, 0.25) is 0 Å². The van der Waals surface area contributed by atoms with Gasteiger partial charge in [-0.25, -0.2) is 0 Å². The normalized spacial score (nSPS) is 14.7. The molecule has 106 valence electrons. The monoisotopic (exact) mass is 352 g/mol. The lowest BCUT2D eigenvalue weighted by Crippen LogP contribution is -2.24. The van der Waals surface area contributed by atoms with Crippen LogP contribution in [0.2, 0.25) is 0 Å². The highest BCUT2D eigenvalue weighted by atomic mass is 79.9. The number of hydrogen-bond acceptors (Lipinski definition) is 3. The SMILES string of the molecule is Nc1c(C(=O)NCCCC2CC2)sc2cccc(Br)c12. The Morgan fingerprint density at radius 1 is 1.45 bits per heavy atom. The number of carbonyl (C=O) groups is 1. The van der Waals surface area contributed by atoms with Gasteiger partial charge in [0.15, 0.2) is 0 Å². The molecule has 1 fully saturated rings. The molecule has 20 heavy (non-hydrogen) atoms. The molecule has 1 heterocycles. The molecule has 0 radical (unpaired) electrons. The predicted molar refractivity (Wildman–Crippen MR) is 88.2 cm³/mol. The van der Waals surface area contributed by atoms with Crippen molar-refractivity contribution in [3.8, 4) is 0 Å². The van der Waals surface area contributed by atoms with Crippen LogP contribution in [0.15, 0.2) is 22.7 Å². The van der Waals surface area contributed by atoms with Crippen LogP contribution >= 0.6 is 27.3 Å². The Bertz CT molecular complexity index is 649. The van der Waals surface area contributed by atoms with E-state index in [1.807, 2.05) is 18.2 Å². The van der Waals surface area contributed by atoms with Crippen LogP contribution in [0, 0.1) is 5.92 Å². The molecule has 1 saturated carbocycles. The van der Waals surface area contributed by atoms with Crippen LogP contribution in [0.5, 0.6) is 0 Å². The molecule has 0 aliphatic heterocycles. The number of carbonyl (C=O) groups excluding carboxylic acids is 1. The zero-order chi connectivity index (χ0) is 14.1. The molecule has 3 nitrogen and oxygen atoms in total. The summed E-state index contributed by atoms with van der Waals surface area (Å²) in [6.07, 6.45) is 5.02. The summed E-state index contributed by atoms with van der Waals surface area (Å²) < 4.78 is 1.98. The second kappa shape index (κ2) is 5.74. The highest BCUT2D eigenvalue weighted by Crippen LogP contribution is 2.38. The van der Waals surface area contributed by atoms with Gasteiger partial charge in [-0.15, -0.1) is 11.3 Å². The molecule has 2 aromatic rings. The summed E-state index contributed by atoms with van der Waals surface area (Å²) in [4.78, 5) is 12.8. The molecule has 0 spiro atoms. The molecule has 0 unspecified atom stereocenters. The van der Waals surface area contributed by atoms with Gasteiger partial charge in [0, 0.05) is 21.1 Å². The Labute approximate surface area is 130 Å². The third kappa shape index (κ3) is 2.83. The van der Waals surface area contributed by atoms with E-state index in [1.165, 1.54) is 30.6 Å². The van der Waals surface area contributed by atoms with Crippen molar-refractivity contribution in [2.75, 3.05) is 12.3 Å². The number of thiophene rings is 1. The second-order valence-corrected chi connectivity index (χ2v) is 7.21. The first kappa shape index (κ1) is 13.9. The van der Waals surface area contributed by atoms with Gasteiger partial charge in [-0.2, -0.15) is 0 Å². The van der Waals surface area contributed by atoms with Gasteiger partial charge >= 0.3 is 0 Å². The van der Waals surface area contributed by atoms with E-state index in [4.69, 9.17) is 5.73 Å². The smallest absolute Gasteiger partial charge is 0.263 e. The first-order valence-electron chi connectivity index (χ1n) is 6.91. The highest BCUT2D eigenvalue weighted by molar-refractivity contribution is 9.10. The van der Waals surface area contributed by atoms with E-state index >= 15 is 0 Å². The van der Waals surface area contributed by atoms with E-state index < -0.39 is 0 Å². The number of nitrogen functional groups attached to an aromatic ring is 1. The topological polar surface area (TPSA) is 55.1 Å². The molecule has 1 aromatic heterocycles. The van der Waals surface area contributed by atoms with Crippen LogP contribution < -0.4 is 11.1 Å². The molecule has 1 aromatic carbocycles. The minimum atomic E-state index is -0.0496. The van der Waals surface area contributed by atoms with Crippen molar-refractivity contribution in [1.29, 1.82) is 0 Å². The molecule has 1 amide bonds. The number of rotatable bonds is 5. The number of anilines is 1.